The first kappa shape index (κ1) is 17.4. The number of allylic oxidation sites excluding steroid dienone is 1. The van der Waals surface area contributed by atoms with Crippen LogP contribution >= 0.6 is 0 Å². The molecule has 0 aliphatic carbocycles. The summed E-state index contributed by atoms with van der Waals surface area (Å²) < 4.78 is 9.68. The van der Waals surface area contributed by atoms with Crippen LogP contribution in [0.2, 0.25) is 0 Å². The lowest BCUT2D eigenvalue weighted by molar-refractivity contribution is -0.152. The van der Waals surface area contributed by atoms with Crippen LogP contribution in [0.3, 0.4) is 0 Å². The first-order chi connectivity index (χ1) is 10.5. The summed E-state index contributed by atoms with van der Waals surface area (Å²) in [6.07, 6.45) is 1.11. The summed E-state index contributed by atoms with van der Waals surface area (Å²) in [6.45, 7) is 4.80. The van der Waals surface area contributed by atoms with Crippen LogP contribution < -0.4 is 5.32 Å². The van der Waals surface area contributed by atoms with Gasteiger partial charge in [-0.2, -0.15) is 0 Å². The number of carbonyl (C=O) groups is 3. The van der Waals surface area contributed by atoms with Crippen molar-refractivity contribution in [3.8, 4) is 0 Å². The van der Waals surface area contributed by atoms with Gasteiger partial charge in [0, 0.05) is 5.56 Å². The molecule has 6 heteroatoms. The molecular formula is C16H19NO5. The van der Waals surface area contributed by atoms with Gasteiger partial charge in [0.2, 0.25) is 0 Å². The molecular weight excluding hydrogens is 286 g/mol. The summed E-state index contributed by atoms with van der Waals surface area (Å²) >= 11 is 0. The average molecular weight is 305 g/mol. The molecule has 1 aromatic rings. The van der Waals surface area contributed by atoms with E-state index in [0.29, 0.717) is 11.3 Å². The third kappa shape index (κ3) is 5.05. The second-order valence-electron chi connectivity index (χ2n) is 4.57. The van der Waals surface area contributed by atoms with E-state index in [1.54, 1.807) is 24.3 Å². The van der Waals surface area contributed by atoms with Crippen LogP contribution in [0.15, 0.2) is 36.9 Å². The second kappa shape index (κ2) is 8.61. The molecule has 0 aromatic heterocycles. The zero-order chi connectivity index (χ0) is 16.5. The molecule has 1 N–H and O–H groups in total. The molecule has 6 nitrogen and oxygen atoms in total. The highest BCUT2D eigenvalue weighted by atomic mass is 16.5. The maximum Gasteiger partial charge on any atom is 0.411 e. The number of hydrogen-bond acceptors (Lipinski definition) is 5. The number of esters is 1. The van der Waals surface area contributed by atoms with Gasteiger partial charge in [0.05, 0.1) is 12.8 Å². The number of ether oxygens (including phenoxy) is 2. The number of Topliss-reactive ketones (excluding diaryl/α,β-unsaturated/α-hetero) is 1. The Morgan fingerprint density at radius 1 is 1.32 bits per heavy atom. The van der Waals surface area contributed by atoms with E-state index in [0.717, 1.165) is 0 Å². The van der Waals surface area contributed by atoms with E-state index in [4.69, 9.17) is 4.74 Å². The van der Waals surface area contributed by atoms with Crippen LogP contribution in [0.25, 0.3) is 0 Å². The number of ketones is 1. The molecule has 0 spiro atoms. The third-order valence-corrected chi connectivity index (χ3v) is 2.99. The summed E-state index contributed by atoms with van der Waals surface area (Å²) in [7, 11) is 1.25. The van der Waals surface area contributed by atoms with Crippen LogP contribution in [0, 0.1) is 5.92 Å². The SMILES string of the molecule is C=CC[C@@H](C(C)=O)C(=O)OCc1ccccc1NC(=O)OC. The van der Waals surface area contributed by atoms with Crippen molar-refractivity contribution in [1.29, 1.82) is 0 Å². The molecule has 0 unspecified atom stereocenters. The van der Waals surface area contributed by atoms with Crippen molar-refractivity contribution in [3.63, 3.8) is 0 Å². The maximum absolute atomic E-state index is 11.9. The fourth-order valence-electron chi connectivity index (χ4n) is 1.77. The lowest BCUT2D eigenvalue weighted by Crippen LogP contribution is -2.24. The van der Waals surface area contributed by atoms with Crippen LogP contribution in [0.5, 0.6) is 0 Å². The number of carbonyl (C=O) groups excluding carboxylic acids is 3. The molecule has 1 rings (SSSR count). The molecule has 1 amide bonds. The average Bonchev–Trinajstić information content (AvgIpc) is 2.50. The standard InChI is InChI=1S/C16H19NO5/c1-4-7-13(11(2)18)15(19)22-10-12-8-5-6-9-14(12)17-16(20)21-3/h4-6,8-9,13H,1,7,10H2,2-3H3,(H,17,20)/t13-/m0/s1. The van der Waals surface area contributed by atoms with Gasteiger partial charge in [0.1, 0.15) is 18.3 Å². The van der Waals surface area contributed by atoms with Gasteiger partial charge in [-0.1, -0.05) is 24.3 Å². The van der Waals surface area contributed by atoms with Gasteiger partial charge < -0.3 is 9.47 Å². The van der Waals surface area contributed by atoms with Gasteiger partial charge in [-0.05, 0) is 19.4 Å². The molecule has 22 heavy (non-hydrogen) atoms. The van der Waals surface area contributed by atoms with E-state index < -0.39 is 18.0 Å². The van der Waals surface area contributed by atoms with Gasteiger partial charge in [-0.25, -0.2) is 4.79 Å². The Kier molecular flexibility index (Phi) is 6.82. The van der Waals surface area contributed by atoms with Gasteiger partial charge in [0.15, 0.2) is 0 Å². The van der Waals surface area contributed by atoms with Gasteiger partial charge in [-0.3, -0.25) is 14.9 Å². The lowest BCUT2D eigenvalue weighted by Gasteiger charge is -2.13. The first-order valence-corrected chi connectivity index (χ1v) is 6.70. The zero-order valence-corrected chi connectivity index (χ0v) is 12.6. The molecule has 1 atom stereocenters. The predicted octanol–water partition coefficient (Wildman–Crippen LogP) is 2.69. The number of benzene rings is 1. The summed E-state index contributed by atoms with van der Waals surface area (Å²) in [4.78, 5) is 34.6. The molecule has 0 saturated carbocycles. The van der Waals surface area contributed by atoms with Crippen LogP contribution in [0.1, 0.15) is 18.9 Å². The van der Waals surface area contributed by atoms with Crippen molar-refractivity contribution in [2.24, 2.45) is 5.92 Å². The predicted molar refractivity (Wildman–Crippen MR) is 81.3 cm³/mol. The summed E-state index contributed by atoms with van der Waals surface area (Å²) in [5.74, 6) is -1.73. The highest BCUT2D eigenvalue weighted by Crippen LogP contribution is 2.18. The molecule has 0 radical (unpaired) electrons. The molecule has 0 heterocycles. The summed E-state index contributed by atoms with van der Waals surface area (Å²) in [5, 5.41) is 2.53. The Morgan fingerprint density at radius 2 is 2.00 bits per heavy atom. The molecule has 0 bridgehead atoms. The number of amides is 1. The fourth-order valence-corrected chi connectivity index (χ4v) is 1.77. The monoisotopic (exact) mass is 305 g/mol. The first-order valence-electron chi connectivity index (χ1n) is 6.70. The minimum atomic E-state index is -0.849. The number of hydrogen-bond donors (Lipinski definition) is 1. The minimum Gasteiger partial charge on any atom is -0.460 e. The van der Waals surface area contributed by atoms with Crippen LogP contribution in [-0.2, 0) is 25.7 Å². The Bertz CT molecular complexity index is 567. The normalized spacial score (nSPS) is 11.2. The Balaban J connectivity index is 2.75. The van der Waals surface area contributed by atoms with Crippen molar-refractivity contribution in [1.82, 2.24) is 0 Å². The van der Waals surface area contributed by atoms with E-state index in [1.807, 2.05) is 0 Å². The van der Waals surface area contributed by atoms with Crippen molar-refractivity contribution in [2.75, 3.05) is 12.4 Å². The number of nitrogens with one attached hydrogen (secondary N) is 1. The Morgan fingerprint density at radius 3 is 2.59 bits per heavy atom. The van der Waals surface area contributed by atoms with Gasteiger partial charge in [-0.15, -0.1) is 6.58 Å². The Labute approximate surface area is 129 Å². The Hall–Kier alpha value is -2.63. The van der Waals surface area contributed by atoms with E-state index in [1.165, 1.54) is 20.1 Å². The molecule has 118 valence electrons. The molecule has 0 fully saturated rings. The molecule has 0 aliphatic rings. The van der Waals surface area contributed by atoms with E-state index in [2.05, 4.69) is 16.6 Å². The topological polar surface area (TPSA) is 81.7 Å². The molecule has 0 aliphatic heterocycles. The second-order valence-corrected chi connectivity index (χ2v) is 4.57. The van der Waals surface area contributed by atoms with Crippen molar-refractivity contribution in [3.05, 3.63) is 42.5 Å². The summed E-state index contributed by atoms with van der Waals surface area (Å²) in [6, 6.07) is 6.84. The molecule has 1 aromatic carbocycles. The minimum absolute atomic E-state index is 0.0556. The molecule has 0 saturated heterocycles. The fraction of sp³-hybridized carbons (Fsp3) is 0.312. The van der Waals surface area contributed by atoms with Crippen molar-refractivity contribution >= 4 is 23.5 Å². The lowest BCUT2D eigenvalue weighted by atomic mass is 10.0. The van der Waals surface area contributed by atoms with Crippen molar-refractivity contribution < 1.29 is 23.9 Å². The van der Waals surface area contributed by atoms with E-state index in [-0.39, 0.29) is 18.8 Å². The maximum atomic E-state index is 11.9. The van der Waals surface area contributed by atoms with E-state index >= 15 is 0 Å². The smallest absolute Gasteiger partial charge is 0.411 e. The van der Waals surface area contributed by atoms with Gasteiger partial charge >= 0.3 is 12.1 Å². The number of anilines is 1. The number of rotatable bonds is 7. The third-order valence-electron chi connectivity index (χ3n) is 2.99. The zero-order valence-electron chi connectivity index (χ0n) is 12.6. The number of methoxy groups -OCH3 is 1. The number of para-hydroxylation sites is 1. The van der Waals surface area contributed by atoms with Crippen molar-refractivity contribution in [2.45, 2.75) is 20.0 Å². The highest BCUT2D eigenvalue weighted by molar-refractivity contribution is 5.97. The van der Waals surface area contributed by atoms with E-state index in [9.17, 15) is 14.4 Å². The summed E-state index contributed by atoms with van der Waals surface area (Å²) in [5.41, 5.74) is 1.08. The largest absolute Gasteiger partial charge is 0.460 e. The van der Waals surface area contributed by atoms with Gasteiger partial charge in [0.25, 0.3) is 0 Å². The quantitative estimate of drug-likeness (QED) is 0.476. The van der Waals surface area contributed by atoms with Crippen LogP contribution in [0.4, 0.5) is 10.5 Å². The highest BCUT2D eigenvalue weighted by Gasteiger charge is 2.23. The van der Waals surface area contributed by atoms with Crippen LogP contribution in [-0.4, -0.2) is 25.0 Å².